The molecular weight excluding hydrogens is 480 g/mol. The van der Waals surface area contributed by atoms with Gasteiger partial charge in [-0.1, -0.05) is 29.8 Å². The number of aryl methyl sites for hydroxylation is 1. The molecule has 1 aromatic rings. The van der Waals surface area contributed by atoms with Crippen molar-refractivity contribution < 1.29 is 33.4 Å². The van der Waals surface area contributed by atoms with Crippen LogP contribution in [0.1, 0.15) is 71.0 Å². The van der Waals surface area contributed by atoms with Gasteiger partial charge in [-0.3, -0.25) is 19.2 Å². The Morgan fingerprint density at radius 2 is 1.76 bits per heavy atom. The van der Waals surface area contributed by atoms with Gasteiger partial charge < -0.3 is 30.7 Å². The molecule has 37 heavy (non-hydrogen) atoms. The van der Waals surface area contributed by atoms with Crippen molar-refractivity contribution in [1.82, 2.24) is 15.5 Å². The quantitative estimate of drug-likeness (QED) is 0.336. The molecule has 0 saturated carbocycles. The Bertz CT molecular complexity index is 958. The zero-order valence-corrected chi connectivity index (χ0v) is 22.6. The number of ether oxygens (including phenoxy) is 2. The largest absolute Gasteiger partial charge is 0.466 e. The molecule has 1 aromatic carbocycles. The predicted molar refractivity (Wildman–Crippen MR) is 137 cm³/mol. The maximum absolute atomic E-state index is 13.7. The van der Waals surface area contributed by atoms with Crippen molar-refractivity contribution in [1.29, 1.82) is 0 Å². The molecular formula is C26H40N4O7. The fraction of sp³-hybridized carbons (Fsp3) is 0.577. The van der Waals surface area contributed by atoms with E-state index in [-0.39, 0.29) is 39.0 Å². The van der Waals surface area contributed by atoms with E-state index in [1.165, 1.54) is 4.90 Å². The molecule has 4 amide bonds. The minimum Gasteiger partial charge on any atom is -0.466 e. The number of hydrogen-bond donors (Lipinski definition) is 3. The lowest BCUT2D eigenvalue weighted by Crippen LogP contribution is -2.53. The van der Waals surface area contributed by atoms with Crippen LogP contribution in [0.4, 0.5) is 4.79 Å². The van der Waals surface area contributed by atoms with Gasteiger partial charge in [-0.25, -0.2) is 4.79 Å². The Labute approximate surface area is 218 Å². The average molecular weight is 521 g/mol. The van der Waals surface area contributed by atoms with Gasteiger partial charge in [0.25, 0.3) is 0 Å². The molecule has 0 fully saturated rings. The number of primary amides is 1. The number of rotatable bonds is 13. The zero-order chi connectivity index (χ0) is 28.2. The van der Waals surface area contributed by atoms with Gasteiger partial charge in [-0.2, -0.15) is 0 Å². The van der Waals surface area contributed by atoms with Gasteiger partial charge in [0.05, 0.1) is 13.0 Å². The molecule has 0 bridgehead atoms. The van der Waals surface area contributed by atoms with Gasteiger partial charge in [0, 0.05) is 19.5 Å². The number of hydrogen-bond acceptors (Lipinski definition) is 7. The lowest BCUT2D eigenvalue weighted by Gasteiger charge is -2.33. The number of carbonyl (C=O) groups excluding carboxylic acids is 5. The summed E-state index contributed by atoms with van der Waals surface area (Å²) in [4.78, 5) is 64.0. The molecule has 0 aromatic heterocycles. The van der Waals surface area contributed by atoms with Crippen molar-refractivity contribution in [2.75, 3.05) is 19.7 Å². The highest BCUT2D eigenvalue weighted by atomic mass is 16.6. The van der Waals surface area contributed by atoms with Crippen LogP contribution >= 0.6 is 0 Å². The van der Waals surface area contributed by atoms with Crippen LogP contribution in [-0.4, -0.2) is 66.0 Å². The summed E-state index contributed by atoms with van der Waals surface area (Å²) < 4.78 is 10.2. The number of carbonyl (C=O) groups is 5. The van der Waals surface area contributed by atoms with E-state index in [4.69, 9.17) is 15.2 Å². The number of nitrogens with zero attached hydrogens (tertiary/aromatic N) is 1. The van der Waals surface area contributed by atoms with E-state index < -0.39 is 47.5 Å². The number of benzene rings is 1. The molecule has 0 aliphatic rings. The van der Waals surface area contributed by atoms with Crippen LogP contribution in [-0.2, 0) is 28.7 Å². The number of nitrogens with one attached hydrogen (secondary N) is 2. The van der Waals surface area contributed by atoms with Gasteiger partial charge in [0.15, 0.2) is 0 Å². The summed E-state index contributed by atoms with van der Waals surface area (Å²) in [6.07, 6.45) is -1.10. The first-order chi connectivity index (χ1) is 17.3. The van der Waals surface area contributed by atoms with Crippen LogP contribution in [0.25, 0.3) is 0 Å². The first-order valence-corrected chi connectivity index (χ1v) is 12.4. The van der Waals surface area contributed by atoms with Gasteiger partial charge in [-0.05, 0) is 53.5 Å². The highest BCUT2D eigenvalue weighted by Gasteiger charge is 2.35. The molecule has 0 spiro atoms. The lowest BCUT2D eigenvalue weighted by atomic mass is 10.00. The van der Waals surface area contributed by atoms with Crippen LogP contribution in [0.5, 0.6) is 0 Å². The van der Waals surface area contributed by atoms with Crippen molar-refractivity contribution in [2.45, 2.75) is 78.5 Å². The van der Waals surface area contributed by atoms with Crippen LogP contribution in [0.15, 0.2) is 24.3 Å². The topological polar surface area (TPSA) is 157 Å². The molecule has 0 heterocycles. The SMILES string of the molecule is CCOC(=O)CCNC(=O)C(c1cccc(C)c1)N(CC)C(=O)C(CCC(N)=O)NC(=O)OC(C)(C)C. The molecule has 0 aliphatic carbocycles. The third kappa shape index (κ3) is 11.3. The molecule has 2 unspecified atom stereocenters. The normalized spacial score (nSPS) is 12.6. The van der Waals surface area contributed by atoms with E-state index in [9.17, 15) is 24.0 Å². The third-order valence-corrected chi connectivity index (χ3v) is 5.14. The van der Waals surface area contributed by atoms with Gasteiger partial charge >= 0.3 is 12.1 Å². The van der Waals surface area contributed by atoms with Crippen molar-refractivity contribution in [2.24, 2.45) is 5.73 Å². The summed E-state index contributed by atoms with van der Waals surface area (Å²) in [5.41, 5.74) is 5.91. The summed E-state index contributed by atoms with van der Waals surface area (Å²) in [6.45, 7) is 10.7. The molecule has 1 rings (SSSR count). The van der Waals surface area contributed by atoms with Gasteiger partial charge in [0.1, 0.15) is 17.7 Å². The van der Waals surface area contributed by atoms with E-state index >= 15 is 0 Å². The zero-order valence-electron chi connectivity index (χ0n) is 22.6. The number of amides is 4. The van der Waals surface area contributed by atoms with Crippen molar-refractivity contribution in [3.63, 3.8) is 0 Å². The van der Waals surface area contributed by atoms with E-state index in [1.807, 2.05) is 13.0 Å². The van der Waals surface area contributed by atoms with Crippen molar-refractivity contribution in [3.8, 4) is 0 Å². The monoisotopic (exact) mass is 520 g/mol. The van der Waals surface area contributed by atoms with Gasteiger partial charge in [0.2, 0.25) is 17.7 Å². The smallest absolute Gasteiger partial charge is 0.408 e. The van der Waals surface area contributed by atoms with E-state index in [1.54, 1.807) is 52.8 Å². The van der Waals surface area contributed by atoms with Crippen LogP contribution in [0.2, 0.25) is 0 Å². The first-order valence-electron chi connectivity index (χ1n) is 12.4. The Morgan fingerprint density at radius 3 is 2.30 bits per heavy atom. The summed E-state index contributed by atoms with van der Waals surface area (Å²) in [5.74, 6) is -2.18. The number of nitrogens with two attached hydrogens (primary N) is 1. The fourth-order valence-corrected chi connectivity index (χ4v) is 3.59. The summed E-state index contributed by atoms with van der Waals surface area (Å²) in [5, 5.41) is 5.22. The highest BCUT2D eigenvalue weighted by Crippen LogP contribution is 2.24. The second-order valence-electron chi connectivity index (χ2n) is 9.49. The molecule has 11 nitrogen and oxygen atoms in total. The van der Waals surface area contributed by atoms with Crippen LogP contribution < -0.4 is 16.4 Å². The van der Waals surface area contributed by atoms with Gasteiger partial charge in [-0.15, -0.1) is 0 Å². The van der Waals surface area contributed by atoms with Crippen LogP contribution in [0, 0.1) is 6.92 Å². The molecule has 0 aliphatic heterocycles. The molecule has 11 heteroatoms. The maximum Gasteiger partial charge on any atom is 0.408 e. The fourth-order valence-electron chi connectivity index (χ4n) is 3.59. The van der Waals surface area contributed by atoms with E-state index in [0.29, 0.717) is 5.56 Å². The van der Waals surface area contributed by atoms with Crippen molar-refractivity contribution >= 4 is 29.8 Å². The Kier molecular flexibility index (Phi) is 12.6. The second kappa shape index (κ2) is 14.8. The molecule has 4 N–H and O–H groups in total. The lowest BCUT2D eigenvalue weighted by molar-refractivity contribution is -0.144. The number of esters is 1. The predicted octanol–water partition coefficient (Wildman–Crippen LogP) is 2.11. The summed E-state index contributed by atoms with van der Waals surface area (Å²) in [7, 11) is 0. The summed E-state index contributed by atoms with van der Waals surface area (Å²) in [6, 6.07) is 4.91. The van der Waals surface area contributed by atoms with Crippen LogP contribution in [0.3, 0.4) is 0 Å². The Hall–Kier alpha value is -3.63. The highest BCUT2D eigenvalue weighted by molar-refractivity contribution is 5.92. The molecule has 2 atom stereocenters. The Morgan fingerprint density at radius 1 is 1.08 bits per heavy atom. The first kappa shape index (κ1) is 31.4. The minimum absolute atomic E-state index is 0.0208. The Balaban J connectivity index is 3.28. The molecule has 206 valence electrons. The standard InChI is InChI=1S/C26H40N4O7/c1-7-30(24(34)19(12-13-20(27)31)29-25(35)37-26(4,5)6)22(18-11-9-10-17(3)16-18)23(33)28-15-14-21(32)36-8-2/h9-11,16,19,22H,7-8,12-15H2,1-6H3,(H2,27,31)(H,28,33)(H,29,35). The molecule has 0 saturated heterocycles. The summed E-state index contributed by atoms with van der Waals surface area (Å²) >= 11 is 0. The number of likely N-dealkylation sites (N-methyl/N-ethyl adjacent to an activating group) is 1. The average Bonchev–Trinajstić information content (AvgIpc) is 2.78. The maximum atomic E-state index is 13.7. The van der Waals surface area contributed by atoms with E-state index in [0.717, 1.165) is 5.56 Å². The second-order valence-corrected chi connectivity index (χ2v) is 9.49. The molecule has 0 radical (unpaired) electrons. The number of alkyl carbamates (subject to hydrolysis) is 1. The minimum atomic E-state index is -1.16. The third-order valence-electron chi connectivity index (χ3n) is 5.14. The van der Waals surface area contributed by atoms with E-state index in [2.05, 4.69) is 10.6 Å². The van der Waals surface area contributed by atoms with Crippen molar-refractivity contribution in [3.05, 3.63) is 35.4 Å².